The lowest BCUT2D eigenvalue weighted by atomic mass is 10.1. The summed E-state index contributed by atoms with van der Waals surface area (Å²) in [6, 6.07) is 7.02. The molecule has 0 saturated carbocycles. The van der Waals surface area contributed by atoms with E-state index >= 15 is 0 Å². The smallest absolute Gasteiger partial charge is 0.348 e. The van der Waals surface area contributed by atoms with E-state index in [1.807, 2.05) is 0 Å². The number of carbonyl (C=O) groups excluding carboxylic acids is 3. The van der Waals surface area contributed by atoms with Gasteiger partial charge in [0.2, 0.25) is 5.91 Å². The van der Waals surface area contributed by atoms with E-state index in [4.69, 9.17) is 21.1 Å². The summed E-state index contributed by atoms with van der Waals surface area (Å²) < 4.78 is 10.3. The normalized spacial score (nSPS) is 11.0. The average molecular weight is 436 g/mol. The zero-order valence-corrected chi connectivity index (χ0v) is 18.1. The predicted molar refractivity (Wildman–Crippen MR) is 115 cm³/mol. The standard InChI is InChI=1S/C21H22ClNO5S/c1-5-27-20(25)17-13(4)18(21(26)28-12(2)3)29-19(17)23-16(24)10-9-14-7-6-8-15(22)11-14/h6-12H,5H2,1-4H3,(H,23,24)/b10-9+. The molecule has 2 rings (SSSR count). The molecular formula is C21H22ClNO5S. The maximum absolute atomic E-state index is 12.4. The Hall–Kier alpha value is -2.64. The van der Waals surface area contributed by atoms with Crippen molar-refractivity contribution in [3.8, 4) is 0 Å². The molecule has 0 radical (unpaired) electrons. The van der Waals surface area contributed by atoms with Crippen molar-refractivity contribution in [3.63, 3.8) is 0 Å². The Bertz CT molecular complexity index is 949. The molecule has 0 unspecified atom stereocenters. The Balaban J connectivity index is 2.30. The summed E-state index contributed by atoms with van der Waals surface area (Å²) in [6.07, 6.45) is 2.61. The van der Waals surface area contributed by atoms with E-state index in [0.717, 1.165) is 16.9 Å². The molecule has 29 heavy (non-hydrogen) atoms. The zero-order chi connectivity index (χ0) is 21.6. The lowest BCUT2D eigenvalue weighted by Gasteiger charge is -2.07. The van der Waals surface area contributed by atoms with E-state index in [0.29, 0.717) is 10.6 Å². The number of ether oxygens (including phenoxy) is 2. The topological polar surface area (TPSA) is 81.7 Å². The second-order valence-electron chi connectivity index (χ2n) is 6.31. The molecule has 0 aliphatic rings. The van der Waals surface area contributed by atoms with Crippen LogP contribution in [0.15, 0.2) is 30.3 Å². The summed E-state index contributed by atoms with van der Waals surface area (Å²) in [6.45, 7) is 6.94. The molecule has 1 N–H and O–H groups in total. The van der Waals surface area contributed by atoms with Crippen LogP contribution in [0.2, 0.25) is 5.02 Å². The molecule has 6 nitrogen and oxygen atoms in total. The van der Waals surface area contributed by atoms with Crippen molar-refractivity contribution < 1.29 is 23.9 Å². The van der Waals surface area contributed by atoms with E-state index in [2.05, 4.69) is 5.32 Å². The molecule has 0 spiro atoms. The van der Waals surface area contributed by atoms with Gasteiger partial charge in [-0.3, -0.25) is 4.79 Å². The molecule has 0 aliphatic heterocycles. The van der Waals surface area contributed by atoms with Crippen LogP contribution in [0.5, 0.6) is 0 Å². The lowest BCUT2D eigenvalue weighted by molar-refractivity contribution is -0.111. The van der Waals surface area contributed by atoms with E-state index in [-0.39, 0.29) is 28.2 Å². The van der Waals surface area contributed by atoms with Crippen molar-refractivity contribution in [2.75, 3.05) is 11.9 Å². The Morgan fingerprint density at radius 3 is 2.59 bits per heavy atom. The summed E-state index contributed by atoms with van der Waals surface area (Å²) in [4.78, 5) is 37.4. The second kappa shape index (κ2) is 10.2. The van der Waals surface area contributed by atoms with Gasteiger partial charge in [-0.15, -0.1) is 11.3 Å². The molecule has 1 aromatic carbocycles. The van der Waals surface area contributed by atoms with Gasteiger partial charge < -0.3 is 14.8 Å². The number of rotatable bonds is 7. The predicted octanol–water partition coefficient (Wildman–Crippen LogP) is 5.10. The molecule has 0 atom stereocenters. The first-order valence-electron chi connectivity index (χ1n) is 8.99. The molecular weight excluding hydrogens is 414 g/mol. The van der Waals surface area contributed by atoms with Crippen LogP contribution in [0.25, 0.3) is 6.08 Å². The Morgan fingerprint density at radius 1 is 1.24 bits per heavy atom. The van der Waals surface area contributed by atoms with Gasteiger partial charge in [0.25, 0.3) is 0 Å². The van der Waals surface area contributed by atoms with Crippen molar-refractivity contribution in [2.45, 2.75) is 33.8 Å². The van der Waals surface area contributed by atoms with Crippen molar-refractivity contribution in [3.05, 3.63) is 56.9 Å². The highest BCUT2D eigenvalue weighted by molar-refractivity contribution is 7.18. The van der Waals surface area contributed by atoms with Crippen molar-refractivity contribution in [2.24, 2.45) is 0 Å². The van der Waals surface area contributed by atoms with Crippen LogP contribution in [0.3, 0.4) is 0 Å². The van der Waals surface area contributed by atoms with Crippen LogP contribution in [0.1, 0.15) is 51.9 Å². The number of esters is 2. The number of nitrogens with one attached hydrogen (secondary N) is 1. The number of hydrogen-bond donors (Lipinski definition) is 1. The molecule has 8 heteroatoms. The largest absolute Gasteiger partial charge is 0.462 e. The second-order valence-corrected chi connectivity index (χ2v) is 7.77. The highest BCUT2D eigenvalue weighted by atomic mass is 35.5. The third-order valence-corrected chi connectivity index (χ3v) is 5.09. The Morgan fingerprint density at radius 2 is 1.97 bits per heavy atom. The van der Waals surface area contributed by atoms with Gasteiger partial charge >= 0.3 is 11.9 Å². The molecule has 2 aromatic rings. The minimum atomic E-state index is -0.612. The molecule has 1 heterocycles. The Labute approximate surface area is 178 Å². The average Bonchev–Trinajstić information content (AvgIpc) is 2.96. The van der Waals surface area contributed by atoms with E-state index in [1.54, 1.807) is 58.0 Å². The number of thiophene rings is 1. The maximum atomic E-state index is 12.4. The van der Waals surface area contributed by atoms with E-state index in [1.165, 1.54) is 6.08 Å². The van der Waals surface area contributed by atoms with E-state index in [9.17, 15) is 14.4 Å². The van der Waals surface area contributed by atoms with Crippen LogP contribution in [-0.4, -0.2) is 30.6 Å². The molecule has 1 aromatic heterocycles. The molecule has 0 aliphatic carbocycles. The van der Waals surface area contributed by atoms with Gasteiger partial charge in [-0.05, 0) is 57.0 Å². The quantitative estimate of drug-likeness (QED) is 0.483. The number of hydrogen-bond acceptors (Lipinski definition) is 6. The molecule has 0 fully saturated rings. The number of halogens is 1. The van der Waals surface area contributed by atoms with Gasteiger partial charge in [-0.1, -0.05) is 23.7 Å². The van der Waals surface area contributed by atoms with Gasteiger partial charge in [0, 0.05) is 11.1 Å². The SMILES string of the molecule is CCOC(=O)c1c(NC(=O)/C=C/c2cccc(Cl)c2)sc(C(=O)OC(C)C)c1C. The first-order valence-corrected chi connectivity index (χ1v) is 10.2. The fourth-order valence-corrected chi connectivity index (χ4v) is 3.73. The van der Waals surface area contributed by atoms with Crippen LogP contribution in [-0.2, 0) is 14.3 Å². The van der Waals surface area contributed by atoms with Gasteiger partial charge in [-0.25, -0.2) is 9.59 Å². The van der Waals surface area contributed by atoms with Crippen molar-refractivity contribution in [1.82, 2.24) is 0 Å². The van der Waals surface area contributed by atoms with Gasteiger partial charge in [0.05, 0.1) is 18.3 Å². The van der Waals surface area contributed by atoms with Crippen LogP contribution < -0.4 is 5.32 Å². The minimum Gasteiger partial charge on any atom is -0.462 e. The first kappa shape index (κ1) is 22.6. The number of carbonyl (C=O) groups is 3. The summed E-state index contributed by atoms with van der Waals surface area (Å²) >= 11 is 6.91. The Kier molecular flexibility index (Phi) is 7.99. The van der Waals surface area contributed by atoms with Crippen LogP contribution in [0, 0.1) is 6.92 Å². The van der Waals surface area contributed by atoms with Gasteiger partial charge in [-0.2, -0.15) is 0 Å². The highest BCUT2D eigenvalue weighted by Gasteiger charge is 2.27. The van der Waals surface area contributed by atoms with Crippen molar-refractivity contribution >= 4 is 51.9 Å². The molecule has 1 amide bonds. The van der Waals surface area contributed by atoms with Gasteiger partial charge in [0.15, 0.2) is 0 Å². The van der Waals surface area contributed by atoms with Crippen molar-refractivity contribution in [1.29, 1.82) is 0 Å². The first-order chi connectivity index (χ1) is 13.7. The molecule has 154 valence electrons. The number of anilines is 1. The third kappa shape index (κ3) is 6.17. The fraction of sp³-hybridized carbons (Fsp3) is 0.286. The molecule has 0 bridgehead atoms. The van der Waals surface area contributed by atoms with E-state index < -0.39 is 17.8 Å². The highest BCUT2D eigenvalue weighted by Crippen LogP contribution is 2.34. The van der Waals surface area contributed by atoms with Crippen LogP contribution >= 0.6 is 22.9 Å². The summed E-state index contributed by atoms with van der Waals surface area (Å²) in [5.41, 5.74) is 1.31. The third-order valence-electron chi connectivity index (χ3n) is 3.67. The summed E-state index contributed by atoms with van der Waals surface area (Å²) in [5.74, 6) is -1.62. The minimum absolute atomic E-state index is 0.150. The summed E-state index contributed by atoms with van der Waals surface area (Å²) in [5, 5.41) is 3.44. The fourth-order valence-electron chi connectivity index (χ4n) is 2.45. The van der Waals surface area contributed by atoms with Gasteiger partial charge in [0.1, 0.15) is 9.88 Å². The number of benzene rings is 1. The summed E-state index contributed by atoms with van der Waals surface area (Å²) in [7, 11) is 0. The molecule has 0 saturated heterocycles. The lowest BCUT2D eigenvalue weighted by Crippen LogP contribution is -2.13. The maximum Gasteiger partial charge on any atom is 0.348 e. The number of amides is 1. The van der Waals surface area contributed by atoms with Crippen LogP contribution in [0.4, 0.5) is 5.00 Å². The monoisotopic (exact) mass is 435 g/mol. The zero-order valence-electron chi connectivity index (χ0n) is 16.6.